The van der Waals surface area contributed by atoms with Crippen LogP contribution >= 0.6 is 0 Å². The average Bonchev–Trinajstić information content (AvgIpc) is 1.82. The number of hydrogen-bond donors (Lipinski definition) is 4. The lowest BCUT2D eigenvalue weighted by atomic mass is 10.5. The highest BCUT2D eigenvalue weighted by Gasteiger charge is 2.52. The first kappa shape index (κ1) is 12.7. The Kier molecular flexibility index (Phi) is 3.41. The fraction of sp³-hybridized carbons (Fsp3) is 1.00. The summed E-state index contributed by atoms with van der Waals surface area (Å²) in [6.45, 7) is -0.546. The van der Waals surface area contributed by atoms with E-state index in [1.165, 1.54) is 0 Å². The van der Waals surface area contributed by atoms with E-state index in [0.717, 1.165) is 0 Å². The first-order chi connectivity index (χ1) is 5.56. The molecule has 0 spiro atoms. The summed E-state index contributed by atoms with van der Waals surface area (Å²) in [5, 5.41) is 8.93. The van der Waals surface area contributed by atoms with Crippen molar-refractivity contribution in [3.05, 3.63) is 0 Å². The van der Waals surface area contributed by atoms with E-state index < -0.39 is 37.5 Å². The van der Waals surface area contributed by atoms with Crippen molar-refractivity contribution < 1.29 is 31.0 Å². The molecule has 0 aromatic heterocycles. The van der Waals surface area contributed by atoms with Crippen LogP contribution in [0.5, 0.6) is 0 Å². The minimum absolute atomic E-state index is 0.546. The van der Waals surface area contributed by atoms with Gasteiger partial charge in [0.15, 0.2) is 0 Å². The van der Waals surface area contributed by atoms with Gasteiger partial charge < -0.3 is 10.8 Å². The normalized spacial score (nSPS) is 14.5. The summed E-state index contributed by atoms with van der Waals surface area (Å²) in [5.41, 5.74) is 4.80. The summed E-state index contributed by atoms with van der Waals surface area (Å²) in [6.07, 6.45) is -1.02. The maximum atomic E-state index is 10.4. The molecule has 80 valence electrons. The van der Waals surface area contributed by atoms with E-state index in [4.69, 9.17) is 19.9 Å². The molecule has 0 saturated heterocycles. The second kappa shape index (κ2) is 3.48. The predicted molar refractivity (Wildman–Crippen MR) is 41.7 cm³/mol. The number of rotatable bonds is 4. The average molecular weight is 235 g/mol. The number of aliphatic hydroxyl groups is 1. The fourth-order valence-electron chi connectivity index (χ4n) is 0.573. The van der Waals surface area contributed by atoms with E-state index in [0.29, 0.717) is 0 Å². The molecule has 10 heteroatoms. The molecule has 0 atom stereocenters. The Morgan fingerprint density at radius 1 is 1.08 bits per heavy atom. The molecule has 0 bridgehead atoms. The van der Waals surface area contributed by atoms with Crippen LogP contribution in [0.2, 0.25) is 0 Å². The molecule has 5 N–H and O–H groups in total. The van der Waals surface area contributed by atoms with Crippen molar-refractivity contribution in [3.8, 4) is 0 Å². The topological polar surface area (TPSA) is 155 Å². The quantitative estimate of drug-likeness (QED) is 0.398. The SMILES string of the molecule is NCCC(O)(S(=O)(=O)O)S(=O)(=O)O. The maximum Gasteiger partial charge on any atom is 0.319 e. The van der Waals surface area contributed by atoms with Gasteiger partial charge in [-0.3, -0.25) is 9.11 Å². The van der Waals surface area contributed by atoms with Gasteiger partial charge in [0.1, 0.15) is 0 Å². The second-order valence-electron chi connectivity index (χ2n) is 2.20. The van der Waals surface area contributed by atoms with Crippen LogP contribution in [0.25, 0.3) is 0 Å². The lowest BCUT2D eigenvalue weighted by molar-refractivity contribution is 0.170. The third kappa shape index (κ3) is 2.36. The number of hydrogen-bond acceptors (Lipinski definition) is 6. The highest BCUT2D eigenvalue weighted by Crippen LogP contribution is 2.22. The molecule has 0 heterocycles. The predicted octanol–water partition coefficient (Wildman–Crippen LogP) is -2.24. The molecule has 0 aliphatic heterocycles. The van der Waals surface area contributed by atoms with E-state index in [1.54, 1.807) is 0 Å². The van der Waals surface area contributed by atoms with Crippen LogP contribution in [-0.4, -0.2) is 41.9 Å². The van der Waals surface area contributed by atoms with Gasteiger partial charge in [0, 0.05) is 6.42 Å². The Balaban J connectivity index is 5.50. The van der Waals surface area contributed by atoms with E-state index in [2.05, 4.69) is 0 Å². The molecule has 0 radical (unpaired) electrons. The maximum absolute atomic E-state index is 10.4. The Labute approximate surface area is 74.9 Å². The molecule has 0 rings (SSSR count). The van der Waals surface area contributed by atoms with Crippen LogP contribution in [0.3, 0.4) is 0 Å². The van der Waals surface area contributed by atoms with Crippen LogP contribution in [0.15, 0.2) is 0 Å². The lowest BCUT2D eigenvalue weighted by Crippen LogP contribution is -2.47. The van der Waals surface area contributed by atoms with Gasteiger partial charge in [-0.1, -0.05) is 0 Å². The van der Waals surface area contributed by atoms with Gasteiger partial charge in [0.25, 0.3) is 0 Å². The van der Waals surface area contributed by atoms with Gasteiger partial charge in [0.2, 0.25) is 0 Å². The third-order valence-corrected chi connectivity index (χ3v) is 4.55. The molecule has 8 nitrogen and oxygen atoms in total. The van der Waals surface area contributed by atoms with E-state index in [1.807, 2.05) is 0 Å². The molecule has 0 aromatic rings. The summed E-state index contributed by atoms with van der Waals surface area (Å²) in [6, 6.07) is 0. The zero-order valence-electron chi connectivity index (χ0n) is 6.28. The van der Waals surface area contributed by atoms with E-state index >= 15 is 0 Å². The zero-order valence-corrected chi connectivity index (χ0v) is 7.92. The van der Waals surface area contributed by atoms with Gasteiger partial charge in [0.05, 0.1) is 0 Å². The molecule has 0 unspecified atom stereocenters. The van der Waals surface area contributed by atoms with Crippen LogP contribution < -0.4 is 5.73 Å². The minimum Gasteiger partial charge on any atom is -0.359 e. The number of nitrogens with two attached hydrogens (primary N) is 1. The van der Waals surface area contributed by atoms with Crippen molar-refractivity contribution in [2.24, 2.45) is 5.73 Å². The smallest absolute Gasteiger partial charge is 0.319 e. The van der Waals surface area contributed by atoms with Gasteiger partial charge in [-0.25, -0.2) is 0 Å². The van der Waals surface area contributed by atoms with Crippen LogP contribution in [0, 0.1) is 0 Å². The van der Waals surface area contributed by atoms with E-state index in [9.17, 15) is 16.8 Å². The Morgan fingerprint density at radius 3 is 1.46 bits per heavy atom. The molecule has 0 aromatic carbocycles. The molecular formula is C3H9NO7S2. The molecule has 0 saturated carbocycles. The van der Waals surface area contributed by atoms with Crippen LogP contribution in [-0.2, 0) is 20.2 Å². The standard InChI is InChI=1S/C3H9NO7S2/c4-2-1-3(5,12(6,7)8)13(9,10)11/h5H,1-2,4H2,(H,6,7,8)(H,9,10,11). The highest BCUT2D eigenvalue weighted by molar-refractivity contribution is 8.04. The summed E-state index contributed by atoms with van der Waals surface area (Å²) in [5.74, 6) is 0. The van der Waals surface area contributed by atoms with Crippen molar-refractivity contribution in [1.29, 1.82) is 0 Å². The first-order valence-corrected chi connectivity index (χ1v) is 5.81. The van der Waals surface area contributed by atoms with Crippen LogP contribution in [0.4, 0.5) is 0 Å². The highest BCUT2D eigenvalue weighted by atomic mass is 32.3. The Bertz CT molecular complexity index is 335. The van der Waals surface area contributed by atoms with Gasteiger partial charge in [-0.05, 0) is 6.54 Å². The Morgan fingerprint density at radius 2 is 1.38 bits per heavy atom. The lowest BCUT2D eigenvalue weighted by Gasteiger charge is -2.19. The van der Waals surface area contributed by atoms with Crippen molar-refractivity contribution in [3.63, 3.8) is 0 Å². The Hall–Kier alpha value is -0.260. The van der Waals surface area contributed by atoms with Gasteiger partial charge >= 0.3 is 24.5 Å². The van der Waals surface area contributed by atoms with Gasteiger partial charge in [-0.15, -0.1) is 0 Å². The summed E-state index contributed by atoms with van der Waals surface area (Å²) >= 11 is 0. The largest absolute Gasteiger partial charge is 0.359 e. The molecule has 0 amide bonds. The fourth-order valence-corrected chi connectivity index (χ4v) is 2.39. The summed E-state index contributed by atoms with van der Waals surface area (Å²) in [4.78, 5) is 0. The van der Waals surface area contributed by atoms with Crippen molar-refractivity contribution in [2.75, 3.05) is 6.54 Å². The monoisotopic (exact) mass is 235 g/mol. The minimum atomic E-state index is -5.35. The van der Waals surface area contributed by atoms with Gasteiger partial charge in [-0.2, -0.15) is 16.8 Å². The van der Waals surface area contributed by atoms with Crippen molar-refractivity contribution >= 4 is 20.2 Å². The molecule has 0 aliphatic carbocycles. The summed E-state index contributed by atoms with van der Waals surface area (Å²) in [7, 11) is -10.7. The van der Waals surface area contributed by atoms with E-state index in [-0.39, 0.29) is 0 Å². The molecular weight excluding hydrogens is 226 g/mol. The van der Waals surface area contributed by atoms with Crippen molar-refractivity contribution in [1.82, 2.24) is 0 Å². The zero-order chi connectivity index (χ0) is 10.9. The molecule has 13 heavy (non-hydrogen) atoms. The first-order valence-electron chi connectivity index (χ1n) is 2.93. The molecule has 0 aliphatic rings. The third-order valence-electron chi connectivity index (χ3n) is 1.27. The summed E-state index contributed by atoms with van der Waals surface area (Å²) < 4.78 is 54.6. The van der Waals surface area contributed by atoms with Crippen molar-refractivity contribution in [2.45, 2.75) is 10.7 Å². The second-order valence-corrected chi connectivity index (χ2v) is 5.71. The molecule has 0 fully saturated rings. The van der Waals surface area contributed by atoms with Crippen LogP contribution in [0.1, 0.15) is 6.42 Å².